The molecule has 114 valence electrons. The number of rotatable bonds is 6. The van der Waals surface area contributed by atoms with Crippen molar-refractivity contribution in [2.75, 3.05) is 13.1 Å². The van der Waals surface area contributed by atoms with Crippen LogP contribution < -0.4 is 0 Å². The van der Waals surface area contributed by atoms with Crippen molar-refractivity contribution in [1.82, 2.24) is 24.6 Å². The van der Waals surface area contributed by atoms with Crippen molar-refractivity contribution < 1.29 is 0 Å². The maximum absolute atomic E-state index is 4.53. The quantitative estimate of drug-likeness (QED) is 0.888. The SMILES string of the molecule is CCCn1ccnc1CN1CCCC(Cc2ccn[nH]2)C1. The van der Waals surface area contributed by atoms with Crippen LogP contribution >= 0.6 is 0 Å². The first-order chi connectivity index (χ1) is 10.3. The molecule has 0 saturated carbocycles. The third-order valence-corrected chi connectivity index (χ3v) is 4.30. The normalized spacial score (nSPS) is 20.0. The zero-order valence-electron chi connectivity index (χ0n) is 12.8. The fourth-order valence-corrected chi connectivity index (χ4v) is 3.31. The smallest absolute Gasteiger partial charge is 0.122 e. The van der Waals surface area contributed by atoms with E-state index in [1.807, 2.05) is 12.4 Å². The van der Waals surface area contributed by atoms with E-state index in [1.165, 1.54) is 30.9 Å². The van der Waals surface area contributed by atoms with Crippen LogP contribution in [0.25, 0.3) is 0 Å². The van der Waals surface area contributed by atoms with Gasteiger partial charge in [-0.2, -0.15) is 5.10 Å². The number of imidazole rings is 1. The Labute approximate surface area is 126 Å². The van der Waals surface area contributed by atoms with E-state index in [2.05, 4.69) is 43.8 Å². The highest BCUT2D eigenvalue weighted by Gasteiger charge is 2.21. The second kappa shape index (κ2) is 6.89. The zero-order valence-corrected chi connectivity index (χ0v) is 12.8. The molecule has 0 aliphatic carbocycles. The van der Waals surface area contributed by atoms with E-state index in [1.54, 1.807) is 0 Å². The van der Waals surface area contributed by atoms with Crippen LogP contribution in [-0.2, 0) is 19.5 Å². The second-order valence-corrected chi connectivity index (χ2v) is 6.07. The summed E-state index contributed by atoms with van der Waals surface area (Å²) in [4.78, 5) is 7.09. The van der Waals surface area contributed by atoms with Crippen LogP contribution in [0.1, 0.15) is 37.7 Å². The maximum Gasteiger partial charge on any atom is 0.122 e. The van der Waals surface area contributed by atoms with Crippen molar-refractivity contribution in [1.29, 1.82) is 0 Å². The lowest BCUT2D eigenvalue weighted by atomic mass is 9.93. The van der Waals surface area contributed by atoms with E-state index >= 15 is 0 Å². The summed E-state index contributed by atoms with van der Waals surface area (Å²) in [5.74, 6) is 1.94. The number of hydrogen-bond acceptors (Lipinski definition) is 3. The highest BCUT2D eigenvalue weighted by atomic mass is 15.2. The number of nitrogens with zero attached hydrogens (tertiary/aromatic N) is 4. The summed E-state index contributed by atoms with van der Waals surface area (Å²) >= 11 is 0. The first-order valence-corrected chi connectivity index (χ1v) is 8.05. The Morgan fingerprint density at radius 2 is 2.33 bits per heavy atom. The standard InChI is InChI=1S/C16H25N5/c1-2-8-21-10-7-17-16(21)13-20-9-3-4-14(12-20)11-15-5-6-18-19-15/h5-7,10,14H,2-4,8-9,11-13H2,1H3,(H,18,19). The Hall–Kier alpha value is -1.62. The lowest BCUT2D eigenvalue weighted by Gasteiger charge is -2.32. The lowest BCUT2D eigenvalue weighted by molar-refractivity contribution is 0.161. The molecule has 5 heteroatoms. The number of likely N-dealkylation sites (tertiary alicyclic amines) is 1. The number of hydrogen-bond donors (Lipinski definition) is 1. The zero-order chi connectivity index (χ0) is 14.5. The van der Waals surface area contributed by atoms with Gasteiger partial charge in [0.2, 0.25) is 0 Å². The third-order valence-electron chi connectivity index (χ3n) is 4.30. The minimum Gasteiger partial charge on any atom is -0.334 e. The van der Waals surface area contributed by atoms with Gasteiger partial charge in [-0.25, -0.2) is 4.98 Å². The molecule has 3 rings (SSSR count). The maximum atomic E-state index is 4.53. The monoisotopic (exact) mass is 287 g/mol. The fourth-order valence-electron chi connectivity index (χ4n) is 3.31. The highest BCUT2D eigenvalue weighted by Crippen LogP contribution is 2.21. The molecule has 1 fully saturated rings. The number of aryl methyl sites for hydroxylation is 1. The van der Waals surface area contributed by atoms with E-state index in [4.69, 9.17) is 0 Å². The van der Waals surface area contributed by atoms with Crippen molar-refractivity contribution in [2.24, 2.45) is 5.92 Å². The van der Waals surface area contributed by atoms with Gasteiger partial charge in [-0.3, -0.25) is 10.00 Å². The van der Waals surface area contributed by atoms with Crippen molar-refractivity contribution in [2.45, 2.75) is 45.7 Å². The Bertz CT molecular complexity index is 531. The lowest BCUT2D eigenvalue weighted by Crippen LogP contribution is -2.36. The summed E-state index contributed by atoms with van der Waals surface area (Å²) < 4.78 is 2.29. The first kappa shape index (κ1) is 14.3. The fraction of sp³-hybridized carbons (Fsp3) is 0.625. The molecule has 1 saturated heterocycles. The van der Waals surface area contributed by atoms with Gasteiger partial charge in [-0.05, 0) is 44.2 Å². The summed E-state index contributed by atoms with van der Waals surface area (Å²) in [6, 6.07) is 2.09. The predicted molar refractivity (Wildman–Crippen MR) is 82.8 cm³/mol. The summed E-state index contributed by atoms with van der Waals surface area (Å²) in [6.45, 7) is 6.62. The van der Waals surface area contributed by atoms with E-state index in [9.17, 15) is 0 Å². The molecule has 0 aromatic carbocycles. The van der Waals surface area contributed by atoms with Crippen LogP contribution in [0.15, 0.2) is 24.7 Å². The number of piperidine rings is 1. The molecular weight excluding hydrogens is 262 g/mol. The number of aromatic nitrogens is 4. The Morgan fingerprint density at radius 3 is 3.14 bits per heavy atom. The van der Waals surface area contributed by atoms with Gasteiger partial charge >= 0.3 is 0 Å². The molecule has 0 bridgehead atoms. The topological polar surface area (TPSA) is 49.7 Å². The molecule has 2 aromatic heterocycles. The Morgan fingerprint density at radius 1 is 1.38 bits per heavy atom. The molecule has 2 aromatic rings. The van der Waals surface area contributed by atoms with Crippen LogP contribution in [-0.4, -0.2) is 37.7 Å². The molecule has 1 atom stereocenters. The minimum atomic E-state index is 0.730. The Kier molecular flexibility index (Phi) is 4.70. The van der Waals surface area contributed by atoms with Gasteiger partial charge in [0.1, 0.15) is 5.82 Å². The van der Waals surface area contributed by atoms with Gasteiger partial charge in [-0.1, -0.05) is 6.92 Å². The number of aromatic amines is 1. The van der Waals surface area contributed by atoms with E-state index in [0.717, 1.165) is 38.4 Å². The molecule has 0 amide bonds. The molecule has 0 radical (unpaired) electrons. The molecule has 3 heterocycles. The first-order valence-electron chi connectivity index (χ1n) is 8.05. The predicted octanol–water partition coefficient (Wildman–Crippen LogP) is 2.47. The summed E-state index contributed by atoms with van der Waals surface area (Å²) in [7, 11) is 0. The minimum absolute atomic E-state index is 0.730. The molecule has 5 nitrogen and oxygen atoms in total. The third kappa shape index (κ3) is 3.73. The van der Waals surface area contributed by atoms with Gasteiger partial charge < -0.3 is 4.57 Å². The van der Waals surface area contributed by atoms with E-state index in [-0.39, 0.29) is 0 Å². The number of H-pyrrole nitrogens is 1. The van der Waals surface area contributed by atoms with Crippen LogP contribution in [0.5, 0.6) is 0 Å². The van der Waals surface area contributed by atoms with E-state index < -0.39 is 0 Å². The second-order valence-electron chi connectivity index (χ2n) is 6.07. The molecule has 1 N–H and O–H groups in total. The van der Waals surface area contributed by atoms with Crippen molar-refractivity contribution in [3.05, 3.63) is 36.2 Å². The molecule has 1 aliphatic rings. The van der Waals surface area contributed by atoms with E-state index in [0.29, 0.717) is 0 Å². The highest BCUT2D eigenvalue weighted by molar-refractivity contribution is 5.00. The molecular formula is C16H25N5. The average Bonchev–Trinajstić information content (AvgIpc) is 3.13. The van der Waals surface area contributed by atoms with Crippen LogP contribution in [0.4, 0.5) is 0 Å². The van der Waals surface area contributed by atoms with Gasteiger partial charge in [0.05, 0.1) is 6.54 Å². The van der Waals surface area contributed by atoms with Crippen molar-refractivity contribution in [3.8, 4) is 0 Å². The Balaban J connectivity index is 1.57. The van der Waals surface area contributed by atoms with Gasteiger partial charge in [0, 0.05) is 37.4 Å². The van der Waals surface area contributed by atoms with Crippen molar-refractivity contribution in [3.63, 3.8) is 0 Å². The molecule has 0 spiro atoms. The largest absolute Gasteiger partial charge is 0.334 e. The summed E-state index contributed by atoms with van der Waals surface area (Å²) in [6.07, 6.45) is 10.7. The van der Waals surface area contributed by atoms with Crippen LogP contribution in [0.3, 0.4) is 0 Å². The van der Waals surface area contributed by atoms with Crippen LogP contribution in [0.2, 0.25) is 0 Å². The average molecular weight is 287 g/mol. The van der Waals surface area contributed by atoms with Crippen molar-refractivity contribution >= 4 is 0 Å². The van der Waals surface area contributed by atoms with Crippen LogP contribution in [0, 0.1) is 5.92 Å². The molecule has 1 aliphatic heterocycles. The summed E-state index contributed by atoms with van der Waals surface area (Å²) in [5.41, 5.74) is 1.26. The number of nitrogens with one attached hydrogen (secondary N) is 1. The van der Waals surface area contributed by atoms with Gasteiger partial charge in [0.25, 0.3) is 0 Å². The van der Waals surface area contributed by atoms with Gasteiger partial charge in [0.15, 0.2) is 0 Å². The van der Waals surface area contributed by atoms with Gasteiger partial charge in [-0.15, -0.1) is 0 Å². The molecule has 21 heavy (non-hydrogen) atoms. The molecule has 1 unspecified atom stereocenters. The summed E-state index contributed by atoms with van der Waals surface area (Å²) in [5, 5.41) is 7.13.